The van der Waals surface area contributed by atoms with E-state index in [1.807, 2.05) is 13.8 Å². The van der Waals surface area contributed by atoms with Gasteiger partial charge in [0.15, 0.2) is 0 Å². The monoisotopic (exact) mass is 202 g/mol. The van der Waals surface area contributed by atoms with Gasteiger partial charge in [-0.05, 0) is 0 Å². The Hall–Kier alpha value is -0.160. The number of ether oxygens (including phenoxy) is 4. The lowest BCUT2D eigenvalue weighted by atomic mass is 9.89. The van der Waals surface area contributed by atoms with Crippen molar-refractivity contribution in [3.63, 3.8) is 0 Å². The molecule has 3 aliphatic heterocycles. The predicted molar refractivity (Wildman–Crippen MR) is 49.7 cm³/mol. The zero-order valence-corrected chi connectivity index (χ0v) is 9.04. The molecule has 3 rings (SSSR count). The highest BCUT2D eigenvalue weighted by Gasteiger charge is 2.54. The van der Waals surface area contributed by atoms with Crippen LogP contribution in [0, 0.1) is 11.3 Å². The van der Waals surface area contributed by atoms with E-state index >= 15 is 0 Å². The molecule has 3 heterocycles. The zero-order valence-electron chi connectivity index (χ0n) is 9.04. The third-order valence-electron chi connectivity index (χ3n) is 2.90. The molecule has 0 N–H and O–H groups in total. The largest absolute Gasteiger partial charge is 0.384 e. The number of hydrogen-bond donors (Lipinski definition) is 0. The predicted octanol–water partition coefficient (Wildman–Crippen LogP) is 1.01. The van der Waals surface area contributed by atoms with Crippen LogP contribution in [0.3, 0.4) is 0 Å². The van der Waals surface area contributed by atoms with Gasteiger partial charge < -0.3 is 18.9 Å². The summed E-state index contributed by atoms with van der Waals surface area (Å²) in [5.41, 5.74) is -0.0919. The first kappa shape index (κ1) is 10.4. The van der Waals surface area contributed by atoms with Gasteiger partial charge in [0.05, 0.1) is 31.8 Å². The molecule has 4 heteroatoms. The first-order valence-electron chi connectivity index (χ1n) is 5.03. The zero-order chi connectivity index (χ0) is 10.2. The Balaban J connectivity index is 2.05. The van der Waals surface area contributed by atoms with Crippen LogP contribution >= 0.6 is 0 Å². The van der Waals surface area contributed by atoms with Crippen molar-refractivity contribution in [2.24, 2.45) is 11.3 Å². The summed E-state index contributed by atoms with van der Waals surface area (Å²) >= 11 is 0. The molecule has 0 radical (unpaired) electrons. The first-order chi connectivity index (χ1) is 6.63. The molecule has 2 bridgehead atoms. The normalized spacial score (nSPS) is 42.0. The van der Waals surface area contributed by atoms with E-state index in [-0.39, 0.29) is 11.3 Å². The van der Waals surface area contributed by atoms with Gasteiger partial charge in [-0.25, -0.2) is 0 Å². The van der Waals surface area contributed by atoms with Gasteiger partial charge in [-0.2, -0.15) is 0 Å². The summed E-state index contributed by atoms with van der Waals surface area (Å²) < 4.78 is 22.1. The van der Waals surface area contributed by atoms with Crippen molar-refractivity contribution in [1.29, 1.82) is 0 Å². The van der Waals surface area contributed by atoms with E-state index in [9.17, 15) is 0 Å². The van der Waals surface area contributed by atoms with Crippen molar-refractivity contribution < 1.29 is 18.9 Å². The van der Waals surface area contributed by atoms with Gasteiger partial charge in [-0.1, -0.05) is 13.8 Å². The molecule has 3 saturated heterocycles. The minimum atomic E-state index is -0.796. The van der Waals surface area contributed by atoms with Crippen molar-refractivity contribution in [1.82, 2.24) is 0 Å². The van der Waals surface area contributed by atoms with Gasteiger partial charge in [-0.3, -0.25) is 0 Å². The van der Waals surface area contributed by atoms with Gasteiger partial charge in [0.1, 0.15) is 0 Å². The topological polar surface area (TPSA) is 36.9 Å². The second kappa shape index (κ2) is 3.45. The van der Waals surface area contributed by atoms with Crippen molar-refractivity contribution >= 4 is 0 Å². The Bertz CT molecular complexity index is 190. The average Bonchev–Trinajstić information content (AvgIpc) is 2.20. The van der Waals surface area contributed by atoms with Crippen LogP contribution in [0.5, 0.6) is 0 Å². The van der Waals surface area contributed by atoms with Crippen molar-refractivity contribution in [3.05, 3.63) is 0 Å². The molecule has 0 aromatic rings. The SMILES string of the molecule is COCC12COC(C(C)C)(OC1)OC2. The van der Waals surface area contributed by atoms with E-state index in [4.69, 9.17) is 18.9 Å². The van der Waals surface area contributed by atoms with Gasteiger partial charge in [0.25, 0.3) is 5.97 Å². The molecule has 0 saturated carbocycles. The van der Waals surface area contributed by atoms with Crippen LogP contribution in [-0.4, -0.2) is 39.5 Å². The fraction of sp³-hybridized carbons (Fsp3) is 1.00. The fourth-order valence-electron chi connectivity index (χ4n) is 1.94. The summed E-state index contributed by atoms with van der Waals surface area (Å²) in [5.74, 6) is -0.585. The highest BCUT2D eigenvalue weighted by atomic mass is 16.9. The summed E-state index contributed by atoms with van der Waals surface area (Å²) in [6.45, 7) is 6.70. The number of rotatable bonds is 3. The van der Waals surface area contributed by atoms with Crippen LogP contribution < -0.4 is 0 Å². The van der Waals surface area contributed by atoms with E-state index < -0.39 is 5.97 Å². The van der Waals surface area contributed by atoms with Crippen LogP contribution in [0.15, 0.2) is 0 Å². The molecule has 14 heavy (non-hydrogen) atoms. The number of hydrogen-bond acceptors (Lipinski definition) is 4. The second-order valence-electron chi connectivity index (χ2n) is 4.56. The third kappa shape index (κ3) is 1.46. The van der Waals surface area contributed by atoms with Crippen LogP contribution in [0.1, 0.15) is 13.8 Å². The number of methoxy groups -OCH3 is 1. The highest BCUT2D eigenvalue weighted by molar-refractivity contribution is 4.89. The molecule has 0 aliphatic carbocycles. The van der Waals surface area contributed by atoms with Gasteiger partial charge in [0.2, 0.25) is 0 Å². The van der Waals surface area contributed by atoms with Crippen LogP contribution in [0.2, 0.25) is 0 Å². The van der Waals surface area contributed by atoms with Gasteiger partial charge in [-0.15, -0.1) is 0 Å². The summed E-state index contributed by atoms with van der Waals surface area (Å²) in [6.07, 6.45) is 0. The molecular formula is C10H18O4. The average molecular weight is 202 g/mol. The molecule has 82 valence electrons. The molecule has 0 spiro atoms. The second-order valence-corrected chi connectivity index (χ2v) is 4.56. The Labute approximate surface area is 84.5 Å². The Morgan fingerprint density at radius 2 is 1.64 bits per heavy atom. The summed E-state index contributed by atoms with van der Waals surface area (Å²) in [4.78, 5) is 0. The molecule has 3 aliphatic rings. The quantitative estimate of drug-likeness (QED) is 0.684. The minimum absolute atomic E-state index is 0.0919. The lowest BCUT2D eigenvalue weighted by Gasteiger charge is -2.53. The summed E-state index contributed by atoms with van der Waals surface area (Å²) in [7, 11) is 1.69. The Morgan fingerprint density at radius 1 is 1.14 bits per heavy atom. The Kier molecular flexibility index (Phi) is 2.55. The standard InChI is InChI=1S/C10H18O4/c1-8(2)10-12-5-9(4-11-3,6-13-10)7-14-10/h8H,4-7H2,1-3H3. The molecule has 3 fully saturated rings. The number of fused-ring (bicyclic) bond motifs is 3. The summed E-state index contributed by atoms with van der Waals surface area (Å²) in [6, 6.07) is 0. The van der Waals surface area contributed by atoms with E-state index in [0.29, 0.717) is 26.4 Å². The molecule has 0 unspecified atom stereocenters. The van der Waals surface area contributed by atoms with Crippen molar-refractivity contribution in [3.8, 4) is 0 Å². The van der Waals surface area contributed by atoms with Crippen LogP contribution in [-0.2, 0) is 18.9 Å². The third-order valence-corrected chi connectivity index (χ3v) is 2.90. The fourth-order valence-corrected chi connectivity index (χ4v) is 1.94. The molecule has 0 aromatic heterocycles. The first-order valence-corrected chi connectivity index (χ1v) is 5.03. The van der Waals surface area contributed by atoms with E-state index in [1.165, 1.54) is 0 Å². The molecule has 0 aromatic carbocycles. The lowest BCUT2D eigenvalue weighted by molar-refractivity contribution is -0.485. The smallest absolute Gasteiger partial charge is 0.285 e. The Morgan fingerprint density at radius 3 is 2.00 bits per heavy atom. The lowest BCUT2D eigenvalue weighted by Crippen LogP contribution is -2.63. The maximum Gasteiger partial charge on any atom is 0.285 e. The molecule has 0 amide bonds. The van der Waals surface area contributed by atoms with E-state index in [2.05, 4.69) is 0 Å². The van der Waals surface area contributed by atoms with Gasteiger partial charge >= 0.3 is 0 Å². The van der Waals surface area contributed by atoms with E-state index in [0.717, 1.165) is 0 Å². The molecule has 0 atom stereocenters. The molecular weight excluding hydrogens is 184 g/mol. The van der Waals surface area contributed by atoms with Crippen molar-refractivity contribution in [2.75, 3.05) is 33.5 Å². The van der Waals surface area contributed by atoms with Crippen molar-refractivity contribution in [2.45, 2.75) is 19.8 Å². The van der Waals surface area contributed by atoms with Gasteiger partial charge in [0, 0.05) is 13.0 Å². The minimum Gasteiger partial charge on any atom is -0.384 e. The maximum atomic E-state index is 5.66. The highest BCUT2D eigenvalue weighted by Crippen LogP contribution is 2.42. The van der Waals surface area contributed by atoms with E-state index in [1.54, 1.807) is 7.11 Å². The van der Waals surface area contributed by atoms with Crippen LogP contribution in [0.4, 0.5) is 0 Å². The summed E-state index contributed by atoms with van der Waals surface area (Å²) in [5, 5.41) is 0. The maximum absolute atomic E-state index is 5.66. The van der Waals surface area contributed by atoms with Crippen LogP contribution in [0.25, 0.3) is 0 Å². The molecule has 4 nitrogen and oxygen atoms in total.